The quantitative estimate of drug-likeness (QED) is 0.813. The second-order valence-corrected chi connectivity index (χ2v) is 5.17. The summed E-state index contributed by atoms with van der Waals surface area (Å²) in [6.07, 6.45) is 4.08. The molecule has 2 heterocycles. The van der Waals surface area contributed by atoms with E-state index in [1.54, 1.807) is 6.20 Å². The Morgan fingerprint density at radius 3 is 3.00 bits per heavy atom. The summed E-state index contributed by atoms with van der Waals surface area (Å²) >= 11 is 4.83. The highest BCUT2D eigenvalue weighted by atomic mass is 79.9. The van der Waals surface area contributed by atoms with Gasteiger partial charge in [-0.25, -0.2) is 0 Å². The van der Waals surface area contributed by atoms with Gasteiger partial charge in [0.25, 0.3) is 0 Å². The van der Waals surface area contributed by atoms with Crippen LogP contribution in [0, 0.1) is 0 Å². The molecule has 0 unspecified atom stereocenters. The van der Waals surface area contributed by atoms with Crippen molar-refractivity contribution in [3.05, 3.63) is 38.8 Å². The van der Waals surface area contributed by atoms with Crippen LogP contribution in [-0.4, -0.2) is 15.6 Å². The van der Waals surface area contributed by atoms with Gasteiger partial charge in [0.05, 0.1) is 11.1 Å². The predicted octanol–water partition coefficient (Wildman–Crippen LogP) is 3.15. The van der Waals surface area contributed by atoms with Gasteiger partial charge in [-0.3, -0.25) is 9.48 Å². The summed E-state index contributed by atoms with van der Waals surface area (Å²) in [6, 6.07) is 1.90. The second kappa shape index (κ2) is 4.93. The molecule has 0 aliphatic carbocycles. The summed E-state index contributed by atoms with van der Waals surface area (Å²) in [5.41, 5.74) is 0.965. The lowest BCUT2D eigenvalue weighted by atomic mass is 10.1. The highest BCUT2D eigenvalue weighted by Crippen LogP contribution is 2.24. The number of thiophene rings is 1. The first-order chi connectivity index (χ1) is 7.70. The lowest BCUT2D eigenvalue weighted by Gasteiger charge is -1.96. The summed E-state index contributed by atoms with van der Waals surface area (Å²) < 4.78 is 2.71. The average Bonchev–Trinajstić information content (AvgIpc) is 2.86. The summed E-state index contributed by atoms with van der Waals surface area (Å²) in [5, 5.41) is 6.06. The van der Waals surface area contributed by atoms with Crippen LogP contribution in [0.25, 0.3) is 0 Å². The fourth-order valence-corrected chi connectivity index (χ4v) is 2.96. The molecule has 2 aromatic rings. The first-order valence-electron chi connectivity index (χ1n) is 4.98. The topological polar surface area (TPSA) is 34.9 Å². The Labute approximate surface area is 106 Å². The number of aryl methyl sites for hydroxylation is 1. The maximum absolute atomic E-state index is 11.9. The molecular weight excluding hydrogens is 288 g/mol. The minimum Gasteiger partial charge on any atom is -0.293 e. The molecule has 0 aliphatic heterocycles. The van der Waals surface area contributed by atoms with E-state index in [0.29, 0.717) is 6.42 Å². The van der Waals surface area contributed by atoms with Crippen molar-refractivity contribution >= 4 is 33.0 Å². The van der Waals surface area contributed by atoms with Gasteiger partial charge < -0.3 is 0 Å². The number of ketones is 1. The summed E-state index contributed by atoms with van der Waals surface area (Å²) in [5.74, 6) is 0.137. The number of aromatic nitrogens is 2. The van der Waals surface area contributed by atoms with Crippen LogP contribution >= 0.6 is 27.3 Å². The summed E-state index contributed by atoms with van der Waals surface area (Å²) in [4.78, 5) is 12.7. The molecule has 0 aliphatic rings. The first kappa shape index (κ1) is 11.5. The molecule has 2 aromatic heterocycles. The molecule has 0 aromatic carbocycles. The number of hydrogen-bond donors (Lipinski definition) is 0. The van der Waals surface area contributed by atoms with Crippen molar-refractivity contribution in [1.82, 2.24) is 9.78 Å². The Hall–Kier alpha value is -0.940. The van der Waals surface area contributed by atoms with Gasteiger partial charge in [0, 0.05) is 23.6 Å². The molecule has 0 amide bonds. The predicted molar refractivity (Wildman–Crippen MR) is 68.0 cm³/mol. The molecule has 0 saturated heterocycles. The van der Waals surface area contributed by atoms with E-state index in [1.165, 1.54) is 11.3 Å². The molecule has 0 atom stereocenters. The van der Waals surface area contributed by atoms with Crippen molar-refractivity contribution < 1.29 is 4.79 Å². The molecule has 16 heavy (non-hydrogen) atoms. The van der Waals surface area contributed by atoms with E-state index in [2.05, 4.69) is 21.0 Å². The van der Waals surface area contributed by atoms with Crippen molar-refractivity contribution in [2.45, 2.75) is 19.9 Å². The molecule has 0 spiro atoms. The molecule has 0 fully saturated rings. The van der Waals surface area contributed by atoms with Gasteiger partial charge in [-0.15, -0.1) is 11.3 Å². The highest BCUT2D eigenvalue weighted by molar-refractivity contribution is 9.10. The first-order valence-corrected chi connectivity index (χ1v) is 6.65. The molecule has 2 rings (SSSR count). The average molecular weight is 299 g/mol. The molecule has 84 valence electrons. The van der Waals surface area contributed by atoms with Gasteiger partial charge in [-0.2, -0.15) is 5.10 Å². The third-order valence-electron chi connectivity index (χ3n) is 2.25. The molecular formula is C11H11BrN2OS. The number of nitrogens with zero attached hydrogens (tertiary/aromatic N) is 2. The largest absolute Gasteiger partial charge is 0.293 e. The Balaban J connectivity index is 2.11. The van der Waals surface area contributed by atoms with Gasteiger partial charge in [0.1, 0.15) is 0 Å². The second-order valence-electron chi connectivity index (χ2n) is 3.40. The minimum absolute atomic E-state index is 0.137. The maximum Gasteiger partial charge on any atom is 0.178 e. The van der Waals surface area contributed by atoms with E-state index in [9.17, 15) is 4.79 Å². The Morgan fingerprint density at radius 2 is 2.44 bits per heavy atom. The molecule has 0 N–H and O–H groups in total. The van der Waals surface area contributed by atoms with Crippen LogP contribution in [0.15, 0.2) is 28.3 Å². The van der Waals surface area contributed by atoms with Crippen LogP contribution in [0.3, 0.4) is 0 Å². The number of Topliss-reactive ketones (excluding diaryl/α,β-unsaturated/α-hetero) is 1. The number of carbonyl (C=O) groups excluding carboxylic acids is 1. The number of hydrogen-bond acceptors (Lipinski definition) is 3. The lowest BCUT2D eigenvalue weighted by Crippen LogP contribution is -2.01. The van der Waals surface area contributed by atoms with E-state index in [1.807, 2.05) is 29.2 Å². The van der Waals surface area contributed by atoms with Crippen molar-refractivity contribution in [1.29, 1.82) is 0 Å². The zero-order chi connectivity index (χ0) is 11.5. The van der Waals surface area contributed by atoms with E-state index >= 15 is 0 Å². The van der Waals surface area contributed by atoms with Crippen molar-refractivity contribution in [2.24, 2.45) is 0 Å². The van der Waals surface area contributed by atoms with E-state index in [4.69, 9.17) is 0 Å². The normalized spacial score (nSPS) is 10.6. The van der Waals surface area contributed by atoms with Crippen LogP contribution < -0.4 is 0 Å². The standard InChI is InChI=1S/C11H11BrN2OS/c1-2-14-7-8(6-13-14)5-10(15)11-9(12)3-4-16-11/h3-4,6-7H,2,5H2,1H3. The zero-order valence-electron chi connectivity index (χ0n) is 8.81. The fourth-order valence-electron chi connectivity index (χ4n) is 1.43. The van der Waals surface area contributed by atoms with E-state index in [0.717, 1.165) is 21.5 Å². The van der Waals surface area contributed by atoms with Gasteiger partial charge in [-0.05, 0) is 39.9 Å². The number of rotatable bonds is 4. The summed E-state index contributed by atoms with van der Waals surface area (Å²) in [6.45, 7) is 2.85. The van der Waals surface area contributed by atoms with Crippen LogP contribution in [0.4, 0.5) is 0 Å². The molecule has 0 bridgehead atoms. The van der Waals surface area contributed by atoms with Gasteiger partial charge in [-0.1, -0.05) is 0 Å². The molecule has 3 nitrogen and oxygen atoms in total. The lowest BCUT2D eigenvalue weighted by molar-refractivity contribution is 0.0996. The maximum atomic E-state index is 11.9. The van der Waals surface area contributed by atoms with Crippen LogP contribution in [0.1, 0.15) is 22.2 Å². The van der Waals surface area contributed by atoms with Crippen LogP contribution in [0.5, 0.6) is 0 Å². The Kier molecular flexibility index (Phi) is 3.56. The van der Waals surface area contributed by atoms with E-state index in [-0.39, 0.29) is 5.78 Å². The third kappa shape index (κ3) is 2.41. The molecule has 0 radical (unpaired) electrons. The van der Waals surface area contributed by atoms with E-state index < -0.39 is 0 Å². The highest BCUT2D eigenvalue weighted by Gasteiger charge is 2.12. The van der Waals surface area contributed by atoms with Crippen molar-refractivity contribution in [3.8, 4) is 0 Å². The van der Waals surface area contributed by atoms with Crippen molar-refractivity contribution in [2.75, 3.05) is 0 Å². The van der Waals surface area contributed by atoms with Crippen LogP contribution in [-0.2, 0) is 13.0 Å². The SMILES string of the molecule is CCn1cc(CC(=O)c2sccc2Br)cn1. The smallest absolute Gasteiger partial charge is 0.178 e. The Morgan fingerprint density at radius 1 is 1.62 bits per heavy atom. The molecule has 5 heteroatoms. The Bertz CT molecular complexity index is 504. The molecule has 0 saturated carbocycles. The number of carbonyl (C=O) groups is 1. The van der Waals surface area contributed by atoms with Crippen LogP contribution in [0.2, 0.25) is 0 Å². The van der Waals surface area contributed by atoms with Gasteiger partial charge >= 0.3 is 0 Å². The van der Waals surface area contributed by atoms with Gasteiger partial charge in [0.15, 0.2) is 5.78 Å². The third-order valence-corrected chi connectivity index (χ3v) is 4.12. The monoisotopic (exact) mass is 298 g/mol. The number of halogens is 1. The van der Waals surface area contributed by atoms with Crippen molar-refractivity contribution in [3.63, 3.8) is 0 Å². The fraction of sp³-hybridized carbons (Fsp3) is 0.273. The minimum atomic E-state index is 0.137. The zero-order valence-corrected chi connectivity index (χ0v) is 11.2. The van der Waals surface area contributed by atoms with Gasteiger partial charge in [0.2, 0.25) is 0 Å². The summed E-state index contributed by atoms with van der Waals surface area (Å²) in [7, 11) is 0.